The Bertz CT molecular complexity index is 237. The van der Waals surface area contributed by atoms with Crippen LogP contribution in [0.2, 0.25) is 0 Å². The van der Waals surface area contributed by atoms with Crippen LogP contribution < -0.4 is 0 Å². The fourth-order valence-electron chi connectivity index (χ4n) is 1.39. The van der Waals surface area contributed by atoms with Crippen molar-refractivity contribution in [1.29, 1.82) is 5.26 Å². The molecule has 0 radical (unpaired) electrons. The number of esters is 1. The van der Waals surface area contributed by atoms with Gasteiger partial charge in [0.25, 0.3) is 0 Å². The van der Waals surface area contributed by atoms with E-state index in [9.17, 15) is 4.79 Å². The molecule has 1 fully saturated rings. The smallest absolute Gasteiger partial charge is 0.336 e. The number of ether oxygens (including phenoxy) is 2. The van der Waals surface area contributed by atoms with Crippen LogP contribution in [0.5, 0.6) is 0 Å². The molecule has 0 N–H and O–H groups in total. The molecule has 0 bridgehead atoms. The lowest BCUT2D eigenvalue weighted by atomic mass is 10.2. The van der Waals surface area contributed by atoms with Crippen molar-refractivity contribution < 1.29 is 14.3 Å². The summed E-state index contributed by atoms with van der Waals surface area (Å²) in [5, 5.41) is 8.42. The highest BCUT2D eigenvalue weighted by Gasteiger charge is 2.26. The second-order valence-electron chi connectivity index (χ2n) is 3.09. The van der Waals surface area contributed by atoms with Crippen LogP contribution in [-0.4, -0.2) is 50.3 Å². The average Bonchev–Trinajstić information content (AvgIpc) is 2.25. The van der Waals surface area contributed by atoms with Gasteiger partial charge in [0, 0.05) is 26.1 Å². The summed E-state index contributed by atoms with van der Waals surface area (Å²) in [6.45, 7) is 2.50. The van der Waals surface area contributed by atoms with Crippen molar-refractivity contribution in [3.05, 3.63) is 0 Å². The van der Waals surface area contributed by atoms with Crippen LogP contribution in [0.4, 0.5) is 0 Å². The third-order valence-electron chi connectivity index (χ3n) is 2.15. The minimum absolute atomic E-state index is 0.341. The minimum atomic E-state index is -0.493. The number of nitrogens with zero attached hydrogens (tertiary/aromatic N) is 2. The molecule has 0 spiro atoms. The number of morpholine rings is 1. The lowest BCUT2D eigenvalue weighted by molar-refractivity contribution is -0.159. The zero-order valence-electron chi connectivity index (χ0n) is 8.23. The van der Waals surface area contributed by atoms with E-state index in [4.69, 9.17) is 10.00 Å². The van der Waals surface area contributed by atoms with Crippen LogP contribution in [-0.2, 0) is 14.3 Å². The van der Waals surface area contributed by atoms with E-state index in [1.54, 1.807) is 0 Å². The molecule has 78 valence electrons. The lowest BCUT2D eigenvalue weighted by Crippen LogP contribution is -2.46. The number of hydrogen-bond donors (Lipinski definition) is 0. The minimum Gasteiger partial charge on any atom is -0.467 e. The van der Waals surface area contributed by atoms with E-state index in [-0.39, 0.29) is 5.97 Å². The standard InChI is InChI=1S/C9H14N2O3/c1-13-9(12)8-7-11(4-2-3-10)5-6-14-8/h8H,2,4-7H2,1H3. The van der Waals surface area contributed by atoms with Crippen molar-refractivity contribution in [2.24, 2.45) is 0 Å². The summed E-state index contributed by atoms with van der Waals surface area (Å²) in [5.74, 6) is -0.341. The van der Waals surface area contributed by atoms with Gasteiger partial charge in [-0.05, 0) is 0 Å². The highest BCUT2D eigenvalue weighted by Crippen LogP contribution is 2.06. The van der Waals surface area contributed by atoms with E-state index in [1.807, 2.05) is 4.90 Å². The third kappa shape index (κ3) is 2.98. The zero-order chi connectivity index (χ0) is 10.4. The normalized spacial score (nSPS) is 22.7. The van der Waals surface area contributed by atoms with Gasteiger partial charge in [-0.25, -0.2) is 4.79 Å². The zero-order valence-corrected chi connectivity index (χ0v) is 8.23. The Kier molecular flexibility index (Phi) is 4.36. The Labute approximate surface area is 83.2 Å². The number of hydrogen-bond acceptors (Lipinski definition) is 5. The van der Waals surface area contributed by atoms with Crippen molar-refractivity contribution >= 4 is 5.97 Å². The molecule has 0 aromatic rings. The molecule has 5 nitrogen and oxygen atoms in total. The van der Waals surface area contributed by atoms with Gasteiger partial charge in [-0.15, -0.1) is 0 Å². The molecule has 0 aliphatic carbocycles. The maximum atomic E-state index is 11.1. The first kappa shape index (κ1) is 11.0. The van der Waals surface area contributed by atoms with Crippen molar-refractivity contribution in [3.63, 3.8) is 0 Å². The molecule has 1 atom stereocenters. The van der Waals surface area contributed by atoms with Gasteiger partial charge in [-0.1, -0.05) is 0 Å². The Hall–Kier alpha value is -1.12. The highest BCUT2D eigenvalue weighted by molar-refractivity contribution is 5.74. The van der Waals surface area contributed by atoms with Gasteiger partial charge in [0.2, 0.25) is 0 Å². The maximum Gasteiger partial charge on any atom is 0.336 e. The summed E-state index contributed by atoms with van der Waals surface area (Å²) in [4.78, 5) is 13.2. The molecular formula is C9H14N2O3. The molecule has 0 aromatic carbocycles. The first-order valence-electron chi connectivity index (χ1n) is 4.56. The summed E-state index contributed by atoms with van der Waals surface area (Å²) >= 11 is 0. The van der Waals surface area contributed by atoms with E-state index in [2.05, 4.69) is 10.8 Å². The summed E-state index contributed by atoms with van der Waals surface area (Å²) in [6, 6.07) is 2.07. The van der Waals surface area contributed by atoms with Gasteiger partial charge >= 0.3 is 5.97 Å². The van der Waals surface area contributed by atoms with Gasteiger partial charge in [0.05, 0.1) is 19.8 Å². The molecule has 14 heavy (non-hydrogen) atoms. The second-order valence-corrected chi connectivity index (χ2v) is 3.09. The molecule has 1 unspecified atom stereocenters. The highest BCUT2D eigenvalue weighted by atomic mass is 16.6. The Balaban J connectivity index is 2.36. The monoisotopic (exact) mass is 198 g/mol. The molecule has 1 aliphatic heterocycles. The van der Waals surface area contributed by atoms with Gasteiger partial charge < -0.3 is 9.47 Å². The van der Waals surface area contributed by atoms with Crippen molar-refractivity contribution in [2.75, 3.05) is 33.4 Å². The topological polar surface area (TPSA) is 62.6 Å². The van der Waals surface area contributed by atoms with Gasteiger partial charge in [-0.2, -0.15) is 5.26 Å². The van der Waals surface area contributed by atoms with Crippen molar-refractivity contribution in [1.82, 2.24) is 4.90 Å². The van der Waals surface area contributed by atoms with Crippen LogP contribution >= 0.6 is 0 Å². The maximum absolute atomic E-state index is 11.1. The van der Waals surface area contributed by atoms with Gasteiger partial charge in [0.1, 0.15) is 0 Å². The number of rotatable bonds is 3. The molecule has 1 aliphatic rings. The van der Waals surface area contributed by atoms with Crippen LogP contribution in [0, 0.1) is 11.3 Å². The number of methoxy groups -OCH3 is 1. The Morgan fingerprint density at radius 1 is 1.79 bits per heavy atom. The SMILES string of the molecule is COC(=O)C1CN(CCC#N)CCO1. The Morgan fingerprint density at radius 3 is 3.21 bits per heavy atom. The predicted molar refractivity (Wildman–Crippen MR) is 48.4 cm³/mol. The average molecular weight is 198 g/mol. The molecule has 1 rings (SSSR count). The fourth-order valence-corrected chi connectivity index (χ4v) is 1.39. The van der Waals surface area contributed by atoms with Crippen molar-refractivity contribution in [2.45, 2.75) is 12.5 Å². The van der Waals surface area contributed by atoms with Crippen LogP contribution in [0.3, 0.4) is 0 Å². The molecule has 0 amide bonds. The first-order chi connectivity index (χ1) is 6.77. The second kappa shape index (κ2) is 5.58. The largest absolute Gasteiger partial charge is 0.467 e. The molecule has 0 saturated carbocycles. The van der Waals surface area contributed by atoms with E-state index in [0.29, 0.717) is 26.1 Å². The summed E-state index contributed by atoms with van der Waals surface area (Å²) < 4.78 is 9.83. The molecule has 5 heteroatoms. The lowest BCUT2D eigenvalue weighted by Gasteiger charge is -2.30. The first-order valence-corrected chi connectivity index (χ1v) is 4.56. The fraction of sp³-hybridized carbons (Fsp3) is 0.778. The molecule has 1 saturated heterocycles. The van der Waals surface area contributed by atoms with Crippen LogP contribution in [0.1, 0.15) is 6.42 Å². The number of carbonyl (C=O) groups excluding carboxylic acids is 1. The van der Waals surface area contributed by atoms with Crippen LogP contribution in [0.25, 0.3) is 0 Å². The molecular weight excluding hydrogens is 184 g/mol. The summed E-state index contributed by atoms with van der Waals surface area (Å²) in [6.07, 6.45) is -0.0131. The van der Waals surface area contributed by atoms with Crippen LogP contribution in [0.15, 0.2) is 0 Å². The van der Waals surface area contributed by atoms with Crippen molar-refractivity contribution in [3.8, 4) is 6.07 Å². The van der Waals surface area contributed by atoms with Gasteiger partial charge in [0.15, 0.2) is 6.10 Å². The summed E-state index contributed by atoms with van der Waals surface area (Å²) in [7, 11) is 1.35. The number of carbonyl (C=O) groups is 1. The van der Waals surface area contributed by atoms with E-state index in [0.717, 1.165) is 6.54 Å². The van der Waals surface area contributed by atoms with E-state index >= 15 is 0 Å². The van der Waals surface area contributed by atoms with E-state index < -0.39 is 6.10 Å². The molecule has 1 heterocycles. The molecule has 0 aromatic heterocycles. The predicted octanol–water partition coefficient (Wildman–Crippen LogP) is -0.226. The van der Waals surface area contributed by atoms with E-state index in [1.165, 1.54) is 7.11 Å². The summed E-state index contributed by atoms with van der Waals surface area (Å²) in [5.41, 5.74) is 0. The Morgan fingerprint density at radius 2 is 2.57 bits per heavy atom. The quantitative estimate of drug-likeness (QED) is 0.586. The number of nitriles is 1. The third-order valence-corrected chi connectivity index (χ3v) is 2.15. The van der Waals surface area contributed by atoms with Gasteiger partial charge in [-0.3, -0.25) is 4.90 Å².